The Morgan fingerprint density at radius 1 is 1.23 bits per heavy atom. The molecule has 1 nitrogen and oxygen atoms in total. The van der Waals surface area contributed by atoms with Crippen LogP contribution in [-0.2, 0) is 6.42 Å². The Kier molecular flexibility index (Phi) is 7.30. The van der Waals surface area contributed by atoms with Gasteiger partial charge in [0, 0.05) is 16.7 Å². The molecule has 0 N–H and O–H groups in total. The maximum absolute atomic E-state index is 2.60. The van der Waals surface area contributed by atoms with Crippen molar-refractivity contribution in [2.24, 2.45) is 0 Å². The van der Waals surface area contributed by atoms with E-state index < -0.39 is 0 Å². The highest BCUT2D eigenvalue weighted by Crippen LogP contribution is 2.43. The van der Waals surface area contributed by atoms with Gasteiger partial charge in [-0.05, 0) is 62.4 Å². The van der Waals surface area contributed by atoms with Gasteiger partial charge in [0.25, 0.3) is 0 Å². The first-order chi connectivity index (χ1) is 10.8. The fourth-order valence-electron chi connectivity index (χ4n) is 3.74. The fourth-order valence-corrected chi connectivity index (χ4v) is 4.99. The molecule has 2 aliphatic heterocycles. The van der Waals surface area contributed by atoms with E-state index in [0.29, 0.717) is 0 Å². The van der Waals surface area contributed by atoms with Gasteiger partial charge in [0.05, 0.1) is 0 Å². The lowest BCUT2D eigenvalue weighted by atomic mass is 9.88. The van der Waals surface area contributed by atoms with Crippen LogP contribution in [0.15, 0.2) is 23.1 Å². The Balaban J connectivity index is 0.000000847. The second-order valence-electron chi connectivity index (χ2n) is 6.50. The molecule has 1 fully saturated rings. The molecule has 0 radical (unpaired) electrons. The zero-order chi connectivity index (χ0) is 15.9. The van der Waals surface area contributed by atoms with Crippen molar-refractivity contribution in [1.82, 2.24) is 4.90 Å². The van der Waals surface area contributed by atoms with Crippen LogP contribution in [-0.4, -0.2) is 30.3 Å². The third-order valence-corrected chi connectivity index (χ3v) is 6.22. The number of fused-ring (bicyclic) bond motifs is 1. The molecule has 1 aromatic carbocycles. The van der Waals surface area contributed by atoms with Gasteiger partial charge < -0.3 is 4.90 Å². The lowest BCUT2D eigenvalue weighted by molar-refractivity contribution is 0.170. The van der Waals surface area contributed by atoms with Gasteiger partial charge in [0.15, 0.2) is 0 Å². The lowest BCUT2D eigenvalue weighted by Crippen LogP contribution is -2.37. The summed E-state index contributed by atoms with van der Waals surface area (Å²) in [6.07, 6.45) is 8.07. The molecule has 124 valence electrons. The normalized spacial score (nSPS) is 24.5. The number of hydrogen-bond donors (Lipinski definition) is 0. The molecule has 22 heavy (non-hydrogen) atoms. The Bertz CT molecular complexity index is 457. The summed E-state index contributed by atoms with van der Waals surface area (Å²) in [5.74, 6) is 2.09. The third-order valence-electron chi connectivity index (χ3n) is 4.97. The van der Waals surface area contributed by atoms with Gasteiger partial charge in [0.2, 0.25) is 0 Å². The van der Waals surface area contributed by atoms with E-state index in [4.69, 9.17) is 0 Å². The minimum absolute atomic E-state index is 0.789. The molecular weight excluding hydrogens is 286 g/mol. The van der Waals surface area contributed by atoms with Crippen LogP contribution in [0, 0.1) is 0 Å². The molecule has 2 atom stereocenters. The summed E-state index contributed by atoms with van der Waals surface area (Å²) in [6.45, 7) is 7.57. The summed E-state index contributed by atoms with van der Waals surface area (Å²) in [5.41, 5.74) is 3.19. The third kappa shape index (κ3) is 4.29. The molecule has 2 heteroatoms. The summed E-state index contributed by atoms with van der Waals surface area (Å²) in [7, 11) is 2.32. The quantitative estimate of drug-likeness (QED) is 0.697. The van der Waals surface area contributed by atoms with Crippen molar-refractivity contribution in [2.75, 3.05) is 19.3 Å². The Hall–Kier alpha value is -0.470. The Morgan fingerprint density at radius 2 is 2.05 bits per heavy atom. The summed E-state index contributed by atoms with van der Waals surface area (Å²) in [5, 5.41) is 0. The Labute approximate surface area is 141 Å². The molecule has 3 rings (SSSR count). The molecule has 0 aliphatic carbocycles. The van der Waals surface area contributed by atoms with E-state index in [9.17, 15) is 0 Å². The van der Waals surface area contributed by atoms with Crippen molar-refractivity contribution in [1.29, 1.82) is 0 Å². The fraction of sp³-hybridized carbons (Fsp3) is 0.700. The SMILES string of the molecule is CC.CCCc1ccc2c(c1)[C@H](C[C@H]1CCCCN1C)CS2. The van der Waals surface area contributed by atoms with E-state index in [-0.39, 0.29) is 0 Å². The number of piperidine rings is 1. The van der Waals surface area contributed by atoms with E-state index >= 15 is 0 Å². The second kappa shape index (κ2) is 8.98. The van der Waals surface area contributed by atoms with Crippen molar-refractivity contribution in [2.45, 2.75) is 76.2 Å². The van der Waals surface area contributed by atoms with Crippen LogP contribution in [0.5, 0.6) is 0 Å². The summed E-state index contributed by atoms with van der Waals surface area (Å²) < 4.78 is 0. The summed E-state index contributed by atoms with van der Waals surface area (Å²) in [6, 6.07) is 8.03. The number of likely N-dealkylation sites (tertiary alicyclic amines) is 1. The highest BCUT2D eigenvalue weighted by molar-refractivity contribution is 7.99. The van der Waals surface area contributed by atoms with Crippen molar-refractivity contribution in [3.05, 3.63) is 29.3 Å². The highest BCUT2D eigenvalue weighted by Gasteiger charge is 2.28. The molecular formula is C20H33NS. The first kappa shape index (κ1) is 17.9. The molecule has 2 aliphatic rings. The van der Waals surface area contributed by atoms with Crippen LogP contribution < -0.4 is 0 Å². The molecule has 0 saturated carbocycles. The zero-order valence-corrected chi connectivity index (χ0v) is 15.7. The van der Waals surface area contributed by atoms with Crippen LogP contribution >= 0.6 is 11.8 Å². The number of benzene rings is 1. The number of aryl methyl sites for hydroxylation is 1. The van der Waals surface area contributed by atoms with E-state index in [1.54, 1.807) is 10.5 Å². The van der Waals surface area contributed by atoms with E-state index in [2.05, 4.69) is 48.8 Å². The van der Waals surface area contributed by atoms with Gasteiger partial charge in [-0.25, -0.2) is 0 Å². The number of thioether (sulfide) groups is 1. The minimum Gasteiger partial charge on any atom is -0.303 e. The predicted molar refractivity (Wildman–Crippen MR) is 100 cm³/mol. The largest absolute Gasteiger partial charge is 0.303 e. The molecule has 1 saturated heterocycles. The van der Waals surface area contributed by atoms with Crippen molar-refractivity contribution >= 4 is 11.8 Å². The van der Waals surface area contributed by atoms with Crippen molar-refractivity contribution in [3.8, 4) is 0 Å². The number of rotatable bonds is 4. The van der Waals surface area contributed by atoms with Crippen LogP contribution in [0.25, 0.3) is 0 Å². The van der Waals surface area contributed by atoms with Crippen molar-refractivity contribution < 1.29 is 0 Å². The maximum Gasteiger partial charge on any atom is 0.0108 e. The van der Waals surface area contributed by atoms with Crippen LogP contribution in [0.4, 0.5) is 0 Å². The molecule has 0 bridgehead atoms. The van der Waals surface area contributed by atoms with Crippen LogP contribution in [0.2, 0.25) is 0 Å². The number of hydrogen-bond acceptors (Lipinski definition) is 2. The van der Waals surface area contributed by atoms with Gasteiger partial charge in [-0.1, -0.05) is 45.7 Å². The van der Waals surface area contributed by atoms with Gasteiger partial charge in [0.1, 0.15) is 0 Å². The summed E-state index contributed by atoms with van der Waals surface area (Å²) >= 11 is 2.07. The first-order valence-corrected chi connectivity index (χ1v) is 10.2. The molecule has 2 heterocycles. The molecule has 0 spiro atoms. The van der Waals surface area contributed by atoms with E-state index in [1.807, 2.05) is 13.8 Å². The second-order valence-corrected chi connectivity index (χ2v) is 7.56. The molecule has 0 unspecified atom stereocenters. The topological polar surface area (TPSA) is 3.24 Å². The first-order valence-electron chi connectivity index (χ1n) is 9.23. The highest BCUT2D eigenvalue weighted by atomic mass is 32.2. The smallest absolute Gasteiger partial charge is 0.0108 e. The average Bonchev–Trinajstić information content (AvgIpc) is 2.94. The van der Waals surface area contributed by atoms with Crippen molar-refractivity contribution in [3.63, 3.8) is 0 Å². The van der Waals surface area contributed by atoms with Crippen LogP contribution in [0.3, 0.4) is 0 Å². The van der Waals surface area contributed by atoms with Gasteiger partial charge in [-0.3, -0.25) is 0 Å². The zero-order valence-electron chi connectivity index (χ0n) is 14.9. The molecule has 0 aromatic heterocycles. The Morgan fingerprint density at radius 3 is 2.77 bits per heavy atom. The number of nitrogens with zero attached hydrogens (tertiary/aromatic N) is 1. The van der Waals surface area contributed by atoms with E-state index in [0.717, 1.165) is 12.0 Å². The monoisotopic (exact) mass is 319 g/mol. The van der Waals surface area contributed by atoms with Gasteiger partial charge >= 0.3 is 0 Å². The maximum atomic E-state index is 2.60. The standard InChI is InChI=1S/C18H27NS.C2H6/c1-3-6-14-8-9-18-17(11-14)15(13-20-18)12-16-7-4-5-10-19(16)2;1-2/h8-9,11,15-16H,3-7,10,12-13H2,1-2H3;1-2H3/t15-,16-;/m1./s1. The molecule has 1 aromatic rings. The summed E-state index contributed by atoms with van der Waals surface area (Å²) in [4.78, 5) is 4.15. The minimum atomic E-state index is 0.789. The van der Waals surface area contributed by atoms with Gasteiger partial charge in [-0.15, -0.1) is 11.8 Å². The van der Waals surface area contributed by atoms with E-state index in [1.165, 1.54) is 56.4 Å². The predicted octanol–water partition coefficient (Wildman–Crippen LogP) is 5.73. The van der Waals surface area contributed by atoms with Gasteiger partial charge in [-0.2, -0.15) is 0 Å². The van der Waals surface area contributed by atoms with Crippen LogP contribution in [0.1, 0.15) is 69.9 Å². The molecule has 0 amide bonds. The lowest BCUT2D eigenvalue weighted by Gasteiger charge is -2.34. The average molecular weight is 320 g/mol.